The lowest BCUT2D eigenvalue weighted by atomic mass is 9.88. The summed E-state index contributed by atoms with van der Waals surface area (Å²) in [5, 5.41) is 0. The fourth-order valence-electron chi connectivity index (χ4n) is 3.12. The molecule has 0 aromatic rings. The minimum Gasteiger partial charge on any atom is -0.350 e. The van der Waals surface area contributed by atoms with Crippen molar-refractivity contribution in [2.75, 3.05) is 19.0 Å². The lowest BCUT2D eigenvalue weighted by Crippen LogP contribution is -2.41. The van der Waals surface area contributed by atoms with E-state index in [4.69, 9.17) is 14.0 Å². The van der Waals surface area contributed by atoms with Gasteiger partial charge in [-0.3, -0.25) is 0 Å². The van der Waals surface area contributed by atoms with Crippen LogP contribution in [-0.2, 0) is 9.47 Å². The smallest absolute Gasteiger partial charge is 0.168 e. The van der Waals surface area contributed by atoms with Crippen LogP contribution in [0.2, 0.25) is 0 Å². The Balaban J connectivity index is 4.56. The molecule has 24 heavy (non-hydrogen) atoms. The topological polar surface area (TPSA) is 38.7 Å². The van der Waals surface area contributed by atoms with Gasteiger partial charge in [0.25, 0.3) is 0 Å². The van der Waals surface area contributed by atoms with Crippen molar-refractivity contribution in [2.45, 2.75) is 104 Å². The van der Waals surface area contributed by atoms with Gasteiger partial charge >= 0.3 is 0 Å². The second-order valence-corrected chi connectivity index (χ2v) is 7.61. The molecule has 1 unspecified atom stereocenters. The van der Waals surface area contributed by atoms with E-state index < -0.39 is 5.79 Å². The lowest BCUT2D eigenvalue weighted by Gasteiger charge is -2.38. The van der Waals surface area contributed by atoms with Crippen LogP contribution in [0.1, 0.15) is 98.3 Å². The predicted octanol–water partition coefficient (Wildman–Crippen LogP) is 6.91. The summed E-state index contributed by atoms with van der Waals surface area (Å²) in [5.41, 5.74) is 0. The summed E-state index contributed by atoms with van der Waals surface area (Å²) >= 11 is 0.946. The van der Waals surface area contributed by atoms with Crippen LogP contribution in [-0.4, -0.2) is 29.3 Å². The zero-order valence-corrected chi connectivity index (χ0v) is 17.5. The Hall–Kier alpha value is 0.230. The van der Waals surface area contributed by atoms with Crippen molar-refractivity contribution in [2.24, 2.45) is 5.92 Å². The van der Waals surface area contributed by atoms with Crippen molar-refractivity contribution in [1.82, 2.24) is 0 Å². The summed E-state index contributed by atoms with van der Waals surface area (Å²) in [4.78, 5) is 0. The molecule has 0 radical (unpaired) electrons. The Labute approximate surface area is 155 Å². The van der Waals surface area contributed by atoms with Gasteiger partial charge in [-0.1, -0.05) is 59.3 Å². The number of hydrogen-bond donors (Lipinski definition) is 1. The van der Waals surface area contributed by atoms with Gasteiger partial charge in [-0.2, -0.15) is 0 Å². The van der Waals surface area contributed by atoms with Crippen molar-refractivity contribution in [3.8, 4) is 0 Å². The van der Waals surface area contributed by atoms with E-state index in [-0.39, 0.29) is 0 Å². The molecule has 0 saturated carbocycles. The van der Waals surface area contributed by atoms with Crippen LogP contribution in [0, 0.1) is 5.92 Å². The zero-order valence-electron chi connectivity index (χ0n) is 16.6. The SMILES string of the molecule is CCCCCCCCC(CCCSO)C(C)(OCCC)OCCC. The number of rotatable bonds is 18. The molecular formula is C20H42O3S. The predicted molar refractivity (Wildman–Crippen MR) is 107 cm³/mol. The van der Waals surface area contributed by atoms with Gasteiger partial charge in [0.15, 0.2) is 5.79 Å². The molecule has 0 aromatic heterocycles. The molecule has 1 N–H and O–H groups in total. The normalized spacial score (nSPS) is 13.4. The van der Waals surface area contributed by atoms with Gasteiger partial charge in [0.1, 0.15) is 0 Å². The third-order valence-corrected chi connectivity index (χ3v) is 5.09. The van der Waals surface area contributed by atoms with Crippen molar-refractivity contribution in [3.05, 3.63) is 0 Å². The highest BCUT2D eigenvalue weighted by atomic mass is 32.2. The Morgan fingerprint density at radius 2 is 1.33 bits per heavy atom. The molecule has 1 atom stereocenters. The fourth-order valence-corrected chi connectivity index (χ4v) is 3.42. The molecule has 0 aliphatic rings. The van der Waals surface area contributed by atoms with E-state index in [0.717, 1.165) is 63.1 Å². The third-order valence-electron chi connectivity index (χ3n) is 4.62. The second-order valence-electron chi connectivity index (χ2n) is 6.94. The Morgan fingerprint density at radius 3 is 1.88 bits per heavy atom. The molecule has 0 aliphatic carbocycles. The van der Waals surface area contributed by atoms with Gasteiger partial charge in [-0.05, 0) is 51.1 Å². The molecule has 0 spiro atoms. The van der Waals surface area contributed by atoms with Crippen LogP contribution in [0.4, 0.5) is 0 Å². The van der Waals surface area contributed by atoms with Crippen molar-refractivity contribution in [3.63, 3.8) is 0 Å². The number of ether oxygens (including phenoxy) is 2. The molecule has 0 saturated heterocycles. The van der Waals surface area contributed by atoms with Crippen LogP contribution in [0.3, 0.4) is 0 Å². The average molecular weight is 363 g/mol. The fraction of sp³-hybridized carbons (Fsp3) is 1.00. The van der Waals surface area contributed by atoms with Crippen LogP contribution >= 0.6 is 12.0 Å². The first-order valence-electron chi connectivity index (χ1n) is 10.2. The van der Waals surface area contributed by atoms with E-state index >= 15 is 0 Å². The van der Waals surface area contributed by atoms with E-state index in [1.165, 1.54) is 38.5 Å². The summed E-state index contributed by atoms with van der Waals surface area (Å²) in [6.07, 6.45) is 13.2. The van der Waals surface area contributed by atoms with E-state index in [1.807, 2.05) is 0 Å². The Morgan fingerprint density at radius 1 is 0.792 bits per heavy atom. The highest BCUT2D eigenvalue weighted by Crippen LogP contribution is 2.33. The molecule has 146 valence electrons. The largest absolute Gasteiger partial charge is 0.350 e. The zero-order chi connectivity index (χ0) is 18.1. The lowest BCUT2D eigenvalue weighted by molar-refractivity contribution is -0.258. The van der Waals surface area contributed by atoms with E-state index in [9.17, 15) is 0 Å². The highest BCUT2D eigenvalue weighted by Gasteiger charge is 2.35. The highest BCUT2D eigenvalue weighted by molar-refractivity contribution is 7.93. The number of hydrogen-bond acceptors (Lipinski definition) is 4. The molecular weight excluding hydrogens is 320 g/mol. The summed E-state index contributed by atoms with van der Waals surface area (Å²) in [6.45, 7) is 10.2. The molecule has 0 aliphatic heterocycles. The third kappa shape index (κ3) is 11.7. The van der Waals surface area contributed by atoms with Crippen LogP contribution in [0.5, 0.6) is 0 Å². The minimum absolute atomic E-state index is 0.411. The van der Waals surface area contributed by atoms with Crippen molar-refractivity contribution >= 4 is 12.0 Å². The van der Waals surface area contributed by atoms with Crippen LogP contribution in [0.15, 0.2) is 0 Å². The van der Waals surface area contributed by atoms with E-state index in [1.54, 1.807) is 0 Å². The summed E-state index contributed by atoms with van der Waals surface area (Å²) in [5.74, 6) is 0.731. The first-order valence-corrected chi connectivity index (χ1v) is 11.1. The summed E-state index contributed by atoms with van der Waals surface area (Å²) in [6, 6.07) is 0. The van der Waals surface area contributed by atoms with Crippen LogP contribution in [0.25, 0.3) is 0 Å². The maximum absolute atomic E-state index is 9.02. The summed E-state index contributed by atoms with van der Waals surface area (Å²) < 4.78 is 21.4. The average Bonchev–Trinajstić information content (AvgIpc) is 2.59. The monoisotopic (exact) mass is 362 g/mol. The molecule has 0 aromatic carbocycles. The molecule has 0 bridgehead atoms. The Kier molecular flexibility index (Phi) is 16.8. The maximum atomic E-state index is 9.02. The minimum atomic E-state index is -0.477. The molecule has 0 fully saturated rings. The standard InChI is InChI=1S/C20H42O3S/c1-5-8-9-10-11-12-14-19(15-13-18-24-21)20(4,22-16-6-2)23-17-7-3/h19,21H,5-18H2,1-4H3. The maximum Gasteiger partial charge on any atom is 0.168 e. The van der Waals surface area contributed by atoms with Gasteiger partial charge in [0, 0.05) is 24.9 Å². The van der Waals surface area contributed by atoms with Crippen LogP contribution < -0.4 is 0 Å². The molecule has 4 heteroatoms. The van der Waals surface area contributed by atoms with Gasteiger partial charge < -0.3 is 14.0 Å². The van der Waals surface area contributed by atoms with Gasteiger partial charge in [0.05, 0.1) is 0 Å². The van der Waals surface area contributed by atoms with Gasteiger partial charge in [-0.25, -0.2) is 0 Å². The molecule has 0 amide bonds. The van der Waals surface area contributed by atoms with Crippen molar-refractivity contribution < 1.29 is 14.0 Å². The van der Waals surface area contributed by atoms with Crippen molar-refractivity contribution in [1.29, 1.82) is 0 Å². The first kappa shape index (κ1) is 24.2. The Bertz CT molecular complexity index is 253. The van der Waals surface area contributed by atoms with E-state index in [2.05, 4.69) is 27.7 Å². The van der Waals surface area contributed by atoms with E-state index in [0.29, 0.717) is 5.92 Å². The first-order chi connectivity index (χ1) is 11.6. The second kappa shape index (κ2) is 16.7. The number of unbranched alkanes of at least 4 members (excludes halogenated alkanes) is 5. The van der Waals surface area contributed by atoms with Gasteiger partial charge in [-0.15, -0.1) is 0 Å². The van der Waals surface area contributed by atoms with Gasteiger partial charge in [0.2, 0.25) is 0 Å². The quantitative estimate of drug-likeness (QED) is 0.163. The molecule has 0 heterocycles. The molecule has 0 rings (SSSR count). The molecule has 3 nitrogen and oxygen atoms in total. The summed E-state index contributed by atoms with van der Waals surface area (Å²) in [7, 11) is 0.